The molecule has 102 valence electrons. The van der Waals surface area contributed by atoms with Crippen LogP contribution in [0, 0.1) is 12.7 Å². The number of benzene rings is 1. The fourth-order valence-corrected chi connectivity index (χ4v) is 2.11. The molecular weight excluding hydrogens is 227 g/mol. The van der Waals surface area contributed by atoms with Crippen molar-refractivity contribution < 1.29 is 4.39 Å². The second-order valence-electron chi connectivity index (χ2n) is 4.69. The van der Waals surface area contributed by atoms with Crippen LogP contribution in [0.4, 0.5) is 4.39 Å². The van der Waals surface area contributed by atoms with E-state index < -0.39 is 0 Å². The first-order chi connectivity index (χ1) is 8.65. The molecule has 0 fully saturated rings. The first-order valence-electron chi connectivity index (χ1n) is 6.84. The van der Waals surface area contributed by atoms with E-state index in [2.05, 4.69) is 24.1 Å². The van der Waals surface area contributed by atoms with Crippen molar-refractivity contribution >= 4 is 0 Å². The van der Waals surface area contributed by atoms with Gasteiger partial charge in [-0.25, -0.2) is 4.39 Å². The number of hydrogen-bond donors (Lipinski definition) is 1. The molecule has 0 unspecified atom stereocenters. The minimum atomic E-state index is -0.144. The van der Waals surface area contributed by atoms with Crippen LogP contribution >= 0.6 is 0 Å². The summed E-state index contributed by atoms with van der Waals surface area (Å²) in [4.78, 5) is 2.41. The summed E-state index contributed by atoms with van der Waals surface area (Å²) >= 11 is 0. The summed E-state index contributed by atoms with van der Waals surface area (Å²) < 4.78 is 13.2. The molecule has 0 spiro atoms. The van der Waals surface area contributed by atoms with Gasteiger partial charge in [-0.1, -0.05) is 19.9 Å². The molecule has 2 nitrogen and oxygen atoms in total. The van der Waals surface area contributed by atoms with Crippen molar-refractivity contribution in [3.05, 3.63) is 35.1 Å². The summed E-state index contributed by atoms with van der Waals surface area (Å²) in [6.45, 7) is 11.4. The fourth-order valence-electron chi connectivity index (χ4n) is 2.11. The molecule has 18 heavy (non-hydrogen) atoms. The van der Waals surface area contributed by atoms with E-state index in [1.165, 1.54) is 0 Å². The van der Waals surface area contributed by atoms with E-state index >= 15 is 0 Å². The normalized spacial score (nSPS) is 11.2. The lowest BCUT2D eigenvalue weighted by Crippen LogP contribution is -2.27. The number of aryl methyl sites for hydroxylation is 1. The third-order valence-corrected chi connectivity index (χ3v) is 3.15. The van der Waals surface area contributed by atoms with Crippen molar-refractivity contribution in [3.63, 3.8) is 0 Å². The van der Waals surface area contributed by atoms with Crippen LogP contribution in [0.2, 0.25) is 0 Å². The summed E-state index contributed by atoms with van der Waals surface area (Å²) in [6, 6.07) is 5.19. The molecule has 0 bridgehead atoms. The van der Waals surface area contributed by atoms with E-state index in [4.69, 9.17) is 0 Å². The van der Waals surface area contributed by atoms with Gasteiger partial charge in [0.1, 0.15) is 5.82 Å². The molecule has 0 aliphatic carbocycles. The molecule has 1 aromatic rings. The Morgan fingerprint density at radius 1 is 1.17 bits per heavy atom. The molecule has 0 radical (unpaired) electrons. The molecule has 1 rings (SSSR count). The van der Waals surface area contributed by atoms with E-state index in [1.54, 1.807) is 12.1 Å². The number of nitrogens with one attached hydrogen (secondary N) is 1. The minimum Gasteiger partial charge on any atom is -0.313 e. The van der Waals surface area contributed by atoms with Gasteiger partial charge >= 0.3 is 0 Å². The van der Waals surface area contributed by atoms with Gasteiger partial charge in [0, 0.05) is 6.54 Å². The van der Waals surface area contributed by atoms with Gasteiger partial charge in [-0.2, -0.15) is 0 Å². The monoisotopic (exact) mass is 252 g/mol. The van der Waals surface area contributed by atoms with Crippen LogP contribution in [0.3, 0.4) is 0 Å². The van der Waals surface area contributed by atoms with E-state index in [9.17, 15) is 4.39 Å². The van der Waals surface area contributed by atoms with Crippen molar-refractivity contribution in [3.8, 4) is 0 Å². The van der Waals surface area contributed by atoms with Gasteiger partial charge in [-0.15, -0.1) is 0 Å². The Bertz CT molecular complexity index is 328. The largest absolute Gasteiger partial charge is 0.313 e. The van der Waals surface area contributed by atoms with Crippen molar-refractivity contribution in [2.24, 2.45) is 0 Å². The van der Waals surface area contributed by atoms with Crippen LogP contribution in [0.5, 0.6) is 0 Å². The lowest BCUT2D eigenvalue weighted by atomic mass is 10.1. The van der Waals surface area contributed by atoms with Gasteiger partial charge in [0.2, 0.25) is 0 Å². The molecule has 0 atom stereocenters. The van der Waals surface area contributed by atoms with Gasteiger partial charge in [0.05, 0.1) is 0 Å². The van der Waals surface area contributed by atoms with E-state index in [0.717, 1.165) is 50.3 Å². The lowest BCUT2D eigenvalue weighted by Gasteiger charge is -2.17. The fraction of sp³-hybridized carbons (Fsp3) is 0.600. The smallest absolute Gasteiger partial charge is 0.123 e. The minimum absolute atomic E-state index is 0.144. The molecule has 0 aliphatic heterocycles. The highest BCUT2D eigenvalue weighted by Crippen LogP contribution is 2.07. The van der Waals surface area contributed by atoms with E-state index in [1.807, 2.05) is 13.0 Å². The Kier molecular flexibility index (Phi) is 6.91. The second kappa shape index (κ2) is 8.22. The summed E-state index contributed by atoms with van der Waals surface area (Å²) in [5.74, 6) is -0.144. The second-order valence-corrected chi connectivity index (χ2v) is 4.69. The van der Waals surface area contributed by atoms with E-state index in [0.29, 0.717) is 0 Å². The van der Waals surface area contributed by atoms with Crippen LogP contribution in [0.1, 0.15) is 31.4 Å². The molecule has 1 N–H and O–H groups in total. The van der Waals surface area contributed by atoms with Crippen LogP contribution in [0.15, 0.2) is 18.2 Å². The molecular formula is C15H25FN2. The van der Waals surface area contributed by atoms with Crippen LogP contribution < -0.4 is 5.32 Å². The zero-order valence-corrected chi connectivity index (χ0v) is 11.8. The maximum absolute atomic E-state index is 13.2. The van der Waals surface area contributed by atoms with Crippen LogP contribution in [0.25, 0.3) is 0 Å². The zero-order valence-electron chi connectivity index (χ0n) is 11.8. The Labute approximate surface area is 110 Å². The number of halogens is 1. The maximum Gasteiger partial charge on any atom is 0.123 e. The number of rotatable bonds is 8. The highest BCUT2D eigenvalue weighted by Gasteiger charge is 1.99. The topological polar surface area (TPSA) is 15.3 Å². The zero-order chi connectivity index (χ0) is 13.4. The molecule has 0 amide bonds. The lowest BCUT2D eigenvalue weighted by molar-refractivity contribution is 0.298. The standard InChI is InChI=1S/C15H25FN2/c1-4-18(5-2)8-6-7-17-12-14-9-13(3)10-15(16)11-14/h9-11,17H,4-8,12H2,1-3H3. The Balaban J connectivity index is 2.21. The first kappa shape index (κ1) is 15.1. The number of nitrogens with zero attached hydrogens (tertiary/aromatic N) is 1. The Morgan fingerprint density at radius 2 is 1.89 bits per heavy atom. The third-order valence-electron chi connectivity index (χ3n) is 3.15. The third kappa shape index (κ3) is 5.61. The van der Waals surface area contributed by atoms with Gasteiger partial charge in [0.25, 0.3) is 0 Å². The molecule has 0 saturated heterocycles. The number of hydrogen-bond acceptors (Lipinski definition) is 2. The Hall–Kier alpha value is -0.930. The molecule has 0 aromatic heterocycles. The van der Waals surface area contributed by atoms with Gasteiger partial charge in [-0.05, 0) is 62.8 Å². The summed E-state index contributed by atoms with van der Waals surface area (Å²) in [5, 5.41) is 3.37. The molecule has 0 aliphatic rings. The van der Waals surface area contributed by atoms with Gasteiger partial charge in [-0.3, -0.25) is 0 Å². The Morgan fingerprint density at radius 3 is 2.50 bits per heavy atom. The van der Waals surface area contributed by atoms with Gasteiger partial charge < -0.3 is 10.2 Å². The average molecular weight is 252 g/mol. The summed E-state index contributed by atoms with van der Waals surface area (Å²) in [7, 11) is 0. The maximum atomic E-state index is 13.2. The highest BCUT2D eigenvalue weighted by atomic mass is 19.1. The highest BCUT2D eigenvalue weighted by molar-refractivity contribution is 5.23. The van der Waals surface area contributed by atoms with Crippen molar-refractivity contribution in [2.45, 2.75) is 33.7 Å². The average Bonchev–Trinajstić information content (AvgIpc) is 2.32. The molecule has 3 heteroatoms. The van der Waals surface area contributed by atoms with Crippen LogP contribution in [-0.2, 0) is 6.54 Å². The SMILES string of the molecule is CCN(CC)CCCNCc1cc(C)cc(F)c1. The predicted octanol–water partition coefficient (Wildman–Crippen LogP) is 2.96. The van der Waals surface area contributed by atoms with Crippen molar-refractivity contribution in [1.29, 1.82) is 0 Å². The van der Waals surface area contributed by atoms with Gasteiger partial charge in [0.15, 0.2) is 0 Å². The van der Waals surface area contributed by atoms with E-state index in [-0.39, 0.29) is 5.82 Å². The first-order valence-corrected chi connectivity index (χ1v) is 6.84. The quantitative estimate of drug-likeness (QED) is 0.716. The van der Waals surface area contributed by atoms with Crippen molar-refractivity contribution in [1.82, 2.24) is 10.2 Å². The molecule has 0 heterocycles. The predicted molar refractivity (Wildman–Crippen MR) is 75.2 cm³/mol. The molecule has 1 aromatic carbocycles. The van der Waals surface area contributed by atoms with Crippen molar-refractivity contribution in [2.75, 3.05) is 26.2 Å². The summed E-state index contributed by atoms with van der Waals surface area (Å²) in [6.07, 6.45) is 1.13. The molecule has 0 saturated carbocycles. The summed E-state index contributed by atoms with van der Waals surface area (Å²) in [5.41, 5.74) is 2.00. The van der Waals surface area contributed by atoms with Crippen LogP contribution in [-0.4, -0.2) is 31.1 Å².